The molecule has 7 aromatic carbocycles. The highest BCUT2D eigenvalue weighted by atomic mass is 15.1. The van der Waals surface area contributed by atoms with Gasteiger partial charge in [-0.15, -0.1) is 0 Å². The first-order chi connectivity index (χ1) is 25.7. The lowest BCUT2D eigenvalue weighted by Gasteiger charge is -2.25. The summed E-state index contributed by atoms with van der Waals surface area (Å²) in [5.74, 6) is 1.95. The van der Waals surface area contributed by atoms with Crippen molar-refractivity contribution < 1.29 is 0 Å². The molecule has 0 amide bonds. The summed E-state index contributed by atoms with van der Waals surface area (Å²) in [5, 5.41) is 5.95. The van der Waals surface area contributed by atoms with Gasteiger partial charge in [0.05, 0.1) is 5.71 Å². The molecule has 0 saturated carbocycles. The van der Waals surface area contributed by atoms with Crippen molar-refractivity contribution in [2.75, 3.05) is 0 Å². The predicted molar refractivity (Wildman–Crippen MR) is 212 cm³/mol. The van der Waals surface area contributed by atoms with Crippen LogP contribution in [0.4, 0.5) is 0 Å². The first kappa shape index (κ1) is 31.0. The Labute approximate surface area is 302 Å². The van der Waals surface area contributed by atoms with Gasteiger partial charge in [-0.2, -0.15) is 0 Å². The monoisotopic (exact) mass is 667 g/mol. The van der Waals surface area contributed by atoms with Gasteiger partial charge in [0.1, 0.15) is 6.17 Å². The molecule has 1 aromatic heterocycles. The smallest absolute Gasteiger partial charge is 0.164 e. The highest BCUT2D eigenvalue weighted by Gasteiger charge is 2.19. The second kappa shape index (κ2) is 13.7. The number of rotatable bonds is 7. The third kappa shape index (κ3) is 6.39. The van der Waals surface area contributed by atoms with E-state index in [9.17, 15) is 0 Å². The SMILES string of the molecule is C1=C(c2ccc(-c3ccc4ccc(-c5nc(-c6ccccc6)nc(-c6ccccc6)n5)cc4c3)cc2)NC(c2ccccc2)N=C1c1ccccc1. The number of aliphatic imine (C=N–C) groups is 1. The first-order valence-corrected chi connectivity index (χ1v) is 17.4. The van der Waals surface area contributed by atoms with Gasteiger partial charge in [-0.1, -0.05) is 170 Å². The minimum Gasteiger partial charge on any atom is -0.360 e. The quantitative estimate of drug-likeness (QED) is 0.184. The lowest BCUT2D eigenvalue weighted by molar-refractivity contribution is 0.664. The number of nitrogens with zero attached hydrogens (tertiary/aromatic N) is 4. The van der Waals surface area contributed by atoms with Gasteiger partial charge >= 0.3 is 0 Å². The predicted octanol–water partition coefficient (Wildman–Crippen LogP) is 10.8. The molecule has 0 radical (unpaired) electrons. The van der Waals surface area contributed by atoms with E-state index in [-0.39, 0.29) is 6.17 Å². The summed E-state index contributed by atoms with van der Waals surface area (Å²) in [6.45, 7) is 0. The Morgan fingerprint density at radius 3 is 1.42 bits per heavy atom. The van der Waals surface area contributed by atoms with Crippen molar-refractivity contribution in [3.63, 3.8) is 0 Å². The number of nitrogens with one attached hydrogen (secondary N) is 1. The van der Waals surface area contributed by atoms with Crippen LogP contribution in [0.15, 0.2) is 193 Å². The second-order valence-electron chi connectivity index (χ2n) is 12.8. The molecule has 0 fully saturated rings. The van der Waals surface area contributed by atoms with E-state index < -0.39 is 0 Å². The molecule has 5 nitrogen and oxygen atoms in total. The van der Waals surface area contributed by atoms with E-state index in [1.807, 2.05) is 72.8 Å². The maximum atomic E-state index is 5.08. The fourth-order valence-corrected chi connectivity index (χ4v) is 6.61. The zero-order chi connectivity index (χ0) is 34.7. The van der Waals surface area contributed by atoms with Crippen molar-refractivity contribution in [1.29, 1.82) is 0 Å². The molecule has 1 N–H and O–H groups in total. The molecule has 0 aliphatic carbocycles. The van der Waals surface area contributed by atoms with Crippen LogP contribution in [0.3, 0.4) is 0 Å². The van der Waals surface area contributed by atoms with Crippen LogP contribution in [0, 0.1) is 0 Å². The highest BCUT2D eigenvalue weighted by Crippen LogP contribution is 2.32. The molecule has 1 aliphatic rings. The largest absolute Gasteiger partial charge is 0.360 e. The van der Waals surface area contributed by atoms with Gasteiger partial charge < -0.3 is 5.32 Å². The number of aromatic nitrogens is 3. The summed E-state index contributed by atoms with van der Waals surface area (Å²) < 4.78 is 0. The maximum absolute atomic E-state index is 5.08. The van der Waals surface area contributed by atoms with Crippen molar-refractivity contribution in [3.05, 3.63) is 205 Å². The van der Waals surface area contributed by atoms with E-state index >= 15 is 0 Å². The lowest BCUT2D eigenvalue weighted by atomic mass is 9.97. The van der Waals surface area contributed by atoms with Crippen molar-refractivity contribution in [2.24, 2.45) is 4.99 Å². The van der Waals surface area contributed by atoms with Gasteiger partial charge in [0, 0.05) is 22.4 Å². The van der Waals surface area contributed by atoms with E-state index in [1.54, 1.807) is 0 Å². The Bertz CT molecular complexity index is 2510. The first-order valence-electron chi connectivity index (χ1n) is 17.4. The van der Waals surface area contributed by atoms with Gasteiger partial charge in [0.2, 0.25) is 0 Å². The minimum absolute atomic E-state index is 0.178. The summed E-state index contributed by atoms with van der Waals surface area (Å²) in [5.41, 5.74) is 10.5. The Kier molecular flexibility index (Phi) is 8.20. The number of allylic oxidation sites excluding steroid dienone is 1. The summed E-state index contributed by atoms with van der Waals surface area (Å²) >= 11 is 0. The van der Waals surface area contributed by atoms with E-state index in [0.29, 0.717) is 17.5 Å². The van der Waals surface area contributed by atoms with Crippen LogP contribution in [0.1, 0.15) is 22.9 Å². The lowest BCUT2D eigenvalue weighted by Crippen LogP contribution is -2.24. The van der Waals surface area contributed by atoms with Crippen molar-refractivity contribution in [2.45, 2.75) is 6.17 Å². The third-order valence-corrected chi connectivity index (χ3v) is 9.35. The van der Waals surface area contributed by atoms with Gasteiger partial charge in [0.25, 0.3) is 0 Å². The Balaban J connectivity index is 1.05. The number of fused-ring (bicyclic) bond motifs is 1. The Hall–Kier alpha value is -6.98. The zero-order valence-electron chi connectivity index (χ0n) is 28.3. The summed E-state index contributed by atoms with van der Waals surface area (Å²) in [6, 6.07) is 62.7. The normalized spacial score (nSPS) is 14.0. The topological polar surface area (TPSA) is 63.1 Å². The Morgan fingerprint density at radius 2 is 0.827 bits per heavy atom. The fraction of sp³-hybridized carbons (Fsp3) is 0.0213. The highest BCUT2D eigenvalue weighted by molar-refractivity contribution is 6.13. The van der Waals surface area contributed by atoms with Crippen LogP contribution in [-0.4, -0.2) is 20.7 Å². The molecule has 5 heteroatoms. The van der Waals surface area contributed by atoms with Crippen molar-refractivity contribution in [3.8, 4) is 45.3 Å². The molecular weight excluding hydrogens is 635 g/mol. The van der Waals surface area contributed by atoms with Gasteiger partial charge in [0.15, 0.2) is 17.5 Å². The molecule has 0 spiro atoms. The summed E-state index contributed by atoms with van der Waals surface area (Å²) in [4.78, 5) is 19.8. The molecule has 1 atom stereocenters. The van der Waals surface area contributed by atoms with E-state index in [4.69, 9.17) is 19.9 Å². The maximum Gasteiger partial charge on any atom is 0.164 e. The van der Waals surface area contributed by atoms with Crippen LogP contribution >= 0.6 is 0 Å². The van der Waals surface area contributed by atoms with Crippen LogP contribution in [0.5, 0.6) is 0 Å². The molecule has 0 bridgehead atoms. The summed E-state index contributed by atoms with van der Waals surface area (Å²) in [6.07, 6.45) is 1.97. The molecule has 0 saturated heterocycles. The molecule has 2 heterocycles. The Morgan fingerprint density at radius 1 is 0.365 bits per heavy atom. The van der Waals surface area contributed by atoms with Crippen LogP contribution in [0.25, 0.3) is 61.8 Å². The van der Waals surface area contributed by atoms with E-state index in [2.05, 4.69) is 121 Å². The third-order valence-electron chi connectivity index (χ3n) is 9.35. The van der Waals surface area contributed by atoms with E-state index in [0.717, 1.165) is 66.7 Å². The molecule has 52 heavy (non-hydrogen) atoms. The standard InChI is InChI=1S/C47H33N5/c1-5-13-34(14-6-1)42-31-43(49-44(48-42)36-15-7-2-8-16-36)35-25-21-32(22-26-35)39-27-23-33-24-28-40(30-41(33)29-39)47-51-45(37-17-9-3-10-18-37)50-46(52-47)38-19-11-4-12-20-38/h1-31,44,49H. The zero-order valence-corrected chi connectivity index (χ0v) is 28.3. The molecule has 9 rings (SSSR count). The summed E-state index contributed by atoms with van der Waals surface area (Å²) in [7, 11) is 0. The van der Waals surface area contributed by atoms with Gasteiger partial charge in [-0.25, -0.2) is 15.0 Å². The average Bonchev–Trinajstić information content (AvgIpc) is 3.24. The second-order valence-corrected chi connectivity index (χ2v) is 12.8. The number of benzene rings is 7. The minimum atomic E-state index is -0.178. The molecule has 246 valence electrons. The fourth-order valence-electron chi connectivity index (χ4n) is 6.61. The van der Waals surface area contributed by atoms with Crippen LogP contribution in [-0.2, 0) is 0 Å². The molecule has 8 aromatic rings. The van der Waals surface area contributed by atoms with Gasteiger partial charge in [-0.05, 0) is 56.8 Å². The van der Waals surface area contributed by atoms with Crippen molar-refractivity contribution in [1.82, 2.24) is 20.3 Å². The van der Waals surface area contributed by atoms with E-state index in [1.165, 1.54) is 0 Å². The van der Waals surface area contributed by atoms with Crippen LogP contribution < -0.4 is 5.32 Å². The molecule has 1 unspecified atom stereocenters. The molecular formula is C47H33N5. The molecule has 1 aliphatic heterocycles. The number of hydrogen-bond donors (Lipinski definition) is 1. The van der Waals surface area contributed by atoms with Crippen LogP contribution in [0.2, 0.25) is 0 Å². The average molecular weight is 668 g/mol. The van der Waals surface area contributed by atoms with Gasteiger partial charge in [-0.3, -0.25) is 4.99 Å². The number of hydrogen-bond acceptors (Lipinski definition) is 5. The van der Waals surface area contributed by atoms with Crippen molar-refractivity contribution >= 4 is 22.2 Å².